The van der Waals surface area contributed by atoms with E-state index < -0.39 is 0 Å². The highest BCUT2D eigenvalue weighted by Crippen LogP contribution is 2.49. The molecule has 2 saturated heterocycles. The standard InChI is InChI=1S/C41H56N2/c1-31(30-40(3,4)5)42-26-21-34(22-27-42)11-10-33-12-14-36(15-13-33)37-18-16-35(17-19-37)32(2)43-28-24-41(25-29-43)23-20-38-8-6-7-9-39(38)41/h7,9,12-15,18,20,23,34-35H,1-2,6,8,10-11,16-17,19,21-22,24-30H2,3-5H3. The second-order valence-electron chi connectivity index (χ2n) is 15.5. The molecule has 0 amide bonds. The zero-order valence-corrected chi connectivity index (χ0v) is 27.5. The number of benzene rings is 1. The van der Waals surface area contributed by atoms with Gasteiger partial charge in [-0.2, -0.15) is 0 Å². The number of fused-ring (bicyclic) bond motifs is 1. The van der Waals surface area contributed by atoms with Gasteiger partial charge < -0.3 is 9.80 Å². The Hall–Kier alpha value is -2.74. The van der Waals surface area contributed by atoms with Gasteiger partial charge in [0.2, 0.25) is 0 Å². The summed E-state index contributed by atoms with van der Waals surface area (Å²) in [6, 6.07) is 9.56. The number of piperidine rings is 2. The summed E-state index contributed by atoms with van der Waals surface area (Å²) in [7, 11) is 0. The van der Waals surface area contributed by atoms with Crippen LogP contribution in [0.3, 0.4) is 0 Å². The van der Waals surface area contributed by atoms with Gasteiger partial charge in [-0.15, -0.1) is 0 Å². The minimum Gasteiger partial charge on any atom is -0.375 e. The first-order chi connectivity index (χ1) is 20.7. The average molecular weight is 577 g/mol. The van der Waals surface area contributed by atoms with E-state index in [1.54, 1.807) is 11.1 Å². The van der Waals surface area contributed by atoms with E-state index in [9.17, 15) is 0 Å². The molecule has 0 saturated carbocycles. The predicted octanol–water partition coefficient (Wildman–Crippen LogP) is 10.3. The topological polar surface area (TPSA) is 6.48 Å². The first-order valence-corrected chi connectivity index (χ1v) is 17.4. The van der Waals surface area contributed by atoms with Crippen molar-refractivity contribution >= 4 is 5.57 Å². The van der Waals surface area contributed by atoms with Crippen LogP contribution in [0.25, 0.3) is 5.57 Å². The largest absolute Gasteiger partial charge is 0.375 e. The van der Waals surface area contributed by atoms with Crippen molar-refractivity contribution in [1.82, 2.24) is 9.80 Å². The van der Waals surface area contributed by atoms with E-state index in [1.807, 2.05) is 0 Å². The average Bonchev–Trinajstić information content (AvgIpc) is 3.37. The zero-order chi connectivity index (χ0) is 30.0. The van der Waals surface area contributed by atoms with Crippen molar-refractivity contribution in [2.75, 3.05) is 26.2 Å². The Balaban J connectivity index is 0.940. The monoisotopic (exact) mass is 576 g/mol. The van der Waals surface area contributed by atoms with Gasteiger partial charge in [0.05, 0.1) is 0 Å². The summed E-state index contributed by atoms with van der Waals surface area (Å²) < 4.78 is 0. The molecule has 1 spiro atoms. The van der Waals surface area contributed by atoms with Crippen molar-refractivity contribution in [3.63, 3.8) is 0 Å². The molecule has 6 rings (SSSR count). The van der Waals surface area contributed by atoms with E-state index >= 15 is 0 Å². The number of nitrogens with zero attached hydrogens (tertiary/aromatic N) is 2. The van der Waals surface area contributed by atoms with E-state index in [2.05, 4.69) is 98.4 Å². The maximum Gasteiger partial charge on any atom is 0.0186 e. The summed E-state index contributed by atoms with van der Waals surface area (Å²) in [6.45, 7) is 20.6. The van der Waals surface area contributed by atoms with Crippen LogP contribution < -0.4 is 0 Å². The summed E-state index contributed by atoms with van der Waals surface area (Å²) in [5.74, 6) is 1.45. The van der Waals surface area contributed by atoms with Gasteiger partial charge in [0.1, 0.15) is 0 Å². The van der Waals surface area contributed by atoms with Gasteiger partial charge in [0, 0.05) is 48.9 Å². The second kappa shape index (κ2) is 12.7. The molecular weight excluding hydrogens is 520 g/mol. The Kier molecular flexibility index (Phi) is 8.95. The third kappa shape index (κ3) is 7.00. The van der Waals surface area contributed by atoms with Crippen LogP contribution in [0, 0.1) is 22.7 Å². The third-order valence-corrected chi connectivity index (χ3v) is 11.3. The SMILES string of the molecule is C=C(CC(C)(C)C)N1CCC(CCc2ccc(C3=CCC(C(=C)N4CCC5(C=CC6=C5C=CCC6)CC4)CC3)cc2)CC1. The van der Waals surface area contributed by atoms with Gasteiger partial charge in [0.25, 0.3) is 0 Å². The molecule has 230 valence electrons. The Morgan fingerprint density at radius 2 is 1.65 bits per heavy atom. The van der Waals surface area contributed by atoms with Crippen LogP contribution in [-0.2, 0) is 6.42 Å². The lowest BCUT2D eigenvalue weighted by Gasteiger charge is -2.43. The lowest BCUT2D eigenvalue weighted by Crippen LogP contribution is -2.40. The first kappa shape index (κ1) is 30.3. The molecule has 1 aromatic rings. The van der Waals surface area contributed by atoms with E-state index in [-0.39, 0.29) is 0 Å². The number of rotatable bonds is 8. The fourth-order valence-corrected chi connectivity index (χ4v) is 8.49. The van der Waals surface area contributed by atoms with Crippen molar-refractivity contribution in [1.29, 1.82) is 0 Å². The third-order valence-electron chi connectivity index (χ3n) is 11.3. The number of allylic oxidation sites excluding steroid dienone is 10. The molecule has 0 radical (unpaired) electrons. The highest BCUT2D eigenvalue weighted by atomic mass is 15.1. The van der Waals surface area contributed by atoms with Crippen LogP contribution in [-0.4, -0.2) is 36.0 Å². The summed E-state index contributed by atoms with van der Waals surface area (Å²) in [6.07, 6.45) is 27.0. The summed E-state index contributed by atoms with van der Waals surface area (Å²) in [5, 5.41) is 0. The molecule has 1 atom stereocenters. The molecule has 2 aliphatic heterocycles. The van der Waals surface area contributed by atoms with Crippen LogP contribution in [0.5, 0.6) is 0 Å². The molecule has 5 aliphatic rings. The Bertz CT molecular complexity index is 1290. The van der Waals surface area contributed by atoms with Crippen LogP contribution in [0.4, 0.5) is 0 Å². The molecule has 2 fully saturated rings. The normalized spacial score (nSPS) is 24.0. The van der Waals surface area contributed by atoms with E-state index in [4.69, 9.17) is 0 Å². The molecule has 2 nitrogen and oxygen atoms in total. The maximum absolute atomic E-state index is 4.64. The van der Waals surface area contributed by atoms with Crippen LogP contribution >= 0.6 is 0 Å². The molecule has 0 N–H and O–H groups in total. The minimum atomic E-state index is 0.300. The number of likely N-dealkylation sites (tertiary alicyclic amines) is 2. The molecule has 1 unspecified atom stereocenters. The highest BCUT2D eigenvalue weighted by Gasteiger charge is 2.40. The van der Waals surface area contributed by atoms with Crippen molar-refractivity contribution in [3.8, 4) is 0 Å². The maximum atomic E-state index is 4.64. The Morgan fingerprint density at radius 3 is 2.33 bits per heavy atom. The molecule has 2 heteroatoms. The van der Waals surface area contributed by atoms with Gasteiger partial charge in [-0.1, -0.05) is 88.6 Å². The second-order valence-corrected chi connectivity index (χ2v) is 15.5. The number of hydrogen-bond acceptors (Lipinski definition) is 2. The van der Waals surface area contributed by atoms with E-state index in [1.165, 1.54) is 105 Å². The van der Waals surface area contributed by atoms with Gasteiger partial charge in [-0.3, -0.25) is 0 Å². The van der Waals surface area contributed by atoms with Crippen LogP contribution in [0.2, 0.25) is 0 Å². The summed E-state index contributed by atoms with van der Waals surface area (Å²) in [5.41, 5.74) is 11.0. The lowest BCUT2D eigenvalue weighted by molar-refractivity contribution is 0.184. The number of aryl methyl sites for hydroxylation is 1. The number of hydrogen-bond donors (Lipinski definition) is 0. The van der Waals surface area contributed by atoms with Crippen molar-refractivity contribution < 1.29 is 0 Å². The minimum absolute atomic E-state index is 0.300. The van der Waals surface area contributed by atoms with E-state index in [0.29, 0.717) is 16.7 Å². The van der Waals surface area contributed by atoms with Crippen LogP contribution in [0.1, 0.15) is 103 Å². The predicted molar refractivity (Wildman–Crippen MR) is 185 cm³/mol. The van der Waals surface area contributed by atoms with Gasteiger partial charge in [0.15, 0.2) is 0 Å². The Labute approximate surface area is 263 Å². The highest BCUT2D eigenvalue weighted by molar-refractivity contribution is 5.66. The van der Waals surface area contributed by atoms with E-state index in [0.717, 1.165) is 31.8 Å². The fourth-order valence-electron chi connectivity index (χ4n) is 8.49. The molecule has 3 aliphatic carbocycles. The smallest absolute Gasteiger partial charge is 0.0186 e. The molecule has 43 heavy (non-hydrogen) atoms. The van der Waals surface area contributed by atoms with Gasteiger partial charge in [-0.25, -0.2) is 0 Å². The van der Waals surface area contributed by atoms with Gasteiger partial charge in [-0.05, 0) is 116 Å². The molecular formula is C41H56N2. The zero-order valence-electron chi connectivity index (χ0n) is 27.5. The van der Waals surface area contributed by atoms with Crippen molar-refractivity contribution in [2.24, 2.45) is 22.7 Å². The van der Waals surface area contributed by atoms with Crippen molar-refractivity contribution in [3.05, 3.63) is 101 Å². The molecule has 0 aromatic heterocycles. The van der Waals surface area contributed by atoms with Crippen LogP contribution in [0.15, 0.2) is 90.3 Å². The fraction of sp³-hybridized carbons (Fsp3) is 0.561. The lowest BCUT2D eigenvalue weighted by atomic mass is 9.72. The van der Waals surface area contributed by atoms with Crippen molar-refractivity contribution in [2.45, 2.75) is 97.8 Å². The van der Waals surface area contributed by atoms with Gasteiger partial charge >= 0.3 is 0 Å². The first-order valence-electron chi connectivity index (χ1n) is 17.4. The quantitative estimate of drug-likeness (QED) is 0.304. The summed E-state index contributed by atoms with van der Waals surface area (Å²) >= 11 is 0. The Morgan fingerprint density at radius 1 is 0.907 bits per heavy atom. The molecule has 0 bridgehead atoms. The molecule has 2 heterocycles. The summed E-state index contributed by atoms with van der Waals surface area (Å²) in [4.78, 5) is 5.17. The molecule has 1 aromatic carbocycles.